The van der Waals surface area contributed by atoms with Crippen LogP contribution in [0.2, 0.25) is 0 Å². The highest BCUT2D eigenvalue weighted by atomic mass is 32.2. The van der Waals surface area contributed by atoms with Crippen LogP contribution in [0.4, 0.5) is 4.79 Å². The quantitative estimate of drug-likeness (QED) is 0.809. The molecule has 0 fully saturated rings. The summed E-state index contributed by atoms with van der Waals surface area (Å²) < 4.78 is 0. The van der Waals surface area contributed by atoms with Gasteiger partial charge in [0.1, 0.15) is 0 Å². The Morgan fingerprint density at radius 1 is 1.35 bits per heavy atom. The number of hydrogen-bond acceptors (Lipinski definition) is 3. The first-order valence-corrected chi connectivity index (χ1v) is 7.71. The molecule has 0 aliphatic carbocycles. The Labute approximate surface area is 123 Å². The molecule has 1 rings (SSSR count). The normalized spacial score (nSPS) is 11.7. The van der Waals surface area contributed by atoms with Crippen molar-refractivity contribution < 1.29 is 14.7 Å². The molecular weight excluding hydrogens is 276 g/mol. The van der Waals surface area contributed by atoms with Crippen molar-refractivity contribution in [3.63, 3.8) is 0 Å². The van der Waals surface area contributed by atoms with Crippen molar-refractivity contribution in [2.45, 2.75) is 12.5 Å². The van der Waals surface area contributed by atoms with Crippen molar-refractivity contribution in [2.75, 3.05) is 25.6 Å². The smallest absolute Gasteiger partial charge is 0.317 e. The van der Waals surface area contributed by atoms with Gasteiger partial charge in [-0.15, -0.1) is 0 Å². The van der Waals surface area contributed by atoms with Crippen LogP contribution in [0.15, 0.2) is 30.3 Å². The van der Waals surface area contributed by atoms with E-state index in [1.807, 2.05) is 36.6 Å². The highest BCUT2D eigenvalue weighted by Gasteiger charge is 2.19. The molecular formula is C14H20N2O3S. The van der Waals surface area contributed by atoms with E-state index in [1.165, 1.54) is 0 Å². The summed E-state index contributed by atoms with van der Waals surface area (Å²) in [4.78, 5) is 24.5. The first-order chi connectivity index (χ1) is 9.54. The van der Waals surface area contributed by atoms with Crippen LogP contribution >= 0.6 is 11.8 Å². The lowest BCUT2D eigenvalue weighted by Crippen LogP contribution is -2.41. The van der Waals surface area contributed by atoms with Gasteiger partial charge in [-0.3, -0.25) is 4.79 Å². The van der Waals surface area contributed by atoms with Crippen LogP contribution < -0.4 is 5.32 Å². The van der Waals surface area contributed by atoms with E-state index in [2.05, 4.69) is 5.32 Å². The van der Waals surface area contributed by atoms with E-state index in [0.717, 1.165) is 11.3 Å². The number of benzene rings is 1. The predicted octanol–water partition coefficient (Wildman–Crippen LogP) is 2.21. The second-order valence-electron chi connectivity index (χ2n) is 4.42. The van der Waals surface area contributed by atoms with Gasteiger partial charge >= 0.3 is 12.0 Å². The standard InChI is InChI=1S/C14H20N2O3S/c1-16(8-9-20-2)14(19)15-12(10-13(17)18)11-6-4-3-5-7-11/h3-7,12H,8-10H2,1-2H3,(H,15,19)(H,17,18). The third-order valence-corrected chi connectivity index (χ3v) is 3.45. The van der Waals surface area contributed by atoms with Crippen LogP contribution in [0.5, 0.6) is 0 Å². The third-order valence-electron chi connectivity index (χ3n) is 2.86. The lowest BCUT2D eigenvalue weighted by Gasteiger charge is -2.23. The molecule has 1 unspecified atom stereocenters. The first kappa shape index (κ1) is 16.4. The van der Waals surface area contributed by atoms with Gasteiger partial charge in [0, 0.05) is 19.3 Å². The van der Waals surface area contributed by atoms with E-state index in [-0.39, 0.29) is 12.5 Å². The Hall–Kier alpha value is -1.69. The van der Waals surface area contributed by atoms with Gasteiger partial charge in [0.2, 0.25) is 0 Å². The number of rotatable bonds is 7. The van der Waals surface area contributed by atoms with E-state index in [9.17, 15) is 9.59 Å². The lowest BCUT2D eigenvalue weighted by molar-refractivity contribution is -0.137. The molecule has 1 aromatic carbocycles. The SMILES string of the molecule is CSCCN(C)C(=O)NC(CC(=O)O)c1ccccc1. The summed E-state index contributed by atoms with van der Waals surface area (Å²) in [5.41, 5.74) is 0.793. The van der Waals surface area contributed by atoms with Crippen LogP contribution in [-0.4, -0.2) is 47.6 Å². The molecule has 2 N–H and O–H groups in total. The van der Waals surface area contributed by atoms with Crippen molar-refractivity contribution in [3.8, 4) is 0 Å². The Balaban J connectivity index is 2.70. The fourth-order valence-electron chi connectivity index (χ4n) is 1.70. The Bertz CT molecular complexity index is 439. The number of thioether (sulfide) groups is 1. The molecule has 0 saturated carbocycles. The Morgan fingerprint density at radius 2 is 2.00 bits per heavy atom. The topological polar surface area (TPSA) is 69.6 Å². The van der Waals surface area contributed by atoms with Gasteiger partial charge in [-0.05, 0) is 11.8 Å². The highest BCUT2D eigenvalue weighted by molar-refractivity contribution is 7.98. The summed E-state index contributed by atoms with van der Waals surface area (Å²) in [6, 6.07) is 8.37. The average molecular weight is 296 g/mol. The van der Waals surface area contributed by atoms with Gasteiger partial charge in [0.05, 0.1) is 12.5 Å². The fourth-order valence-corrected chi connectivity index (χ4v) is 2.16. The van der Waals surface area contributed by atoms with Crippen molar-refractivity contribution in [3.05, 3.63) is 35.9 Å². The number of amides is 2. The summed E-state index contributed by atoms with van der Waals surface area (Å²) in [6.07, 6.45) is 1.84. The molecule has 0 aromatic heterocycles. The molecule has 0 spiro atoms. The first-order valence-electron chi connectivity index (χ1n) is 6.32. The maximum absolute atomic E-state index is 12.0. The number of carbonyl (C=O) groups excluding carboxylic acids is 1. The molecule has 5 nitrogen and oxygen atoms in total. The summed E-state index contributed by atoms with van der Waals surface area (Å²) in [5, 5.41) is 11.7. The Morgan fingerprint density at radius 3 is 2.55 bits per heavy atom. The molecule has 0 heterocycles. The summed E-state index contributed by atoms with van der Waals surface area (Å²) >= 11 is 1.66. The number of carboxylic acids is 1. The van der Waals surface area contributed by atoms with Crippen molar-refractivity contribution in [1.29, 1.82) is 0 Å². The second kappa shape index (κ2) is 8.47. The Kier molecular flexibility index (Phi) is 6.93. The summed E-state index contributed by atoms with van der Waals surface area (Å²) in [5.74, 6) is -0.0929. The van der Waals surface area contributed by atoms with Crippen LogP contribution in [-0.2, 0) is 4.79 Å². The number of nitrogens with one attached hydrogen (secondary N) is 1. The molecule has 0 saturated heterocycles. The van der Waals surface area contributed by atoms with Crippen LogP contribution in [0.3, 0.4) is 0 Å². The minimum absolute atomic E-state index is 0.133. The van der Waals surface area contributed by atoms with E-state index in [0.29, 0.717) is 6.54 Å². The van der Waals surface area contributed by atoms with Crippen LogP contribution in [0, 0.1) is 0 Å². The number of nitrogens with zero attached hydrogens (tertiary/aromatic N) is 1. The molecule has 0 bridgehead atoms. The zero-order valence-corrected chi connectivity index (χ0v) is 12.5. The zero-order valence-electron chi connectivity index (χ0n) is 11.7. The minimum Gasteiger partial charge on any atom is -0.481 e. The number of carbonyl (C=O) groups is 2. The summed E-state index contributed by atoms with van der Waals surface area (Å²) in [7, 11) is 1.70. The van der Waals surface area contributed by atoms with E-state index in [1.54, 1.807) is 23.7 Å². The van der Waals surface area contributed by atoms with Gasteiger partial charge in [0.15, 0.2) is 0 Å². The molecule has 0 aliphatic heterocycles. The second-order valence-corrected chi connectivity index (χ2v) is 5.41. The maximum Gasteiger partial charge on any atom is 0.317 e. The van der Waals surface area contributed by atoms with Gasteiger partial charge < -0.3 is 15.3 Å². The largest absolute Gasteiger partial charge is 0.481 e. The molecule has 1 atom stereocenters. The third kappa shape index (κ3) is 5.52. The molecule has 0 radical (unpaired) electrons. The van der Waals surface area contributed by atoms with E-state index in [4.69, 9.17) is 5.11 Å². The molecule has 110 valence electrons. The van der Waals surface area contributed by atoms with Crippen molar-refractivity contribution >= 4 is 23.8 Å². The molecule has 6 heteroatoms. The number of hydrogen-bond donors (Lipinski definition) is 2. The summed E-state index contributed by atoms with van der Waals surface area (Å²) in [6.45, 7) is 0.627. The van der Waals surface area contributed by atoms with Crippen LogP contribution in [0.1, 0.15) is 18.0 Å². The van der Waals surface area contributed by atoms with Crippen molar-refractivity contribution in [1.82, 2.24) is 10.2 Å². The van der Waals surface area contributed by atoms with Gasteiger partial charge in [0.25, 0.3) is 0 Å². The molecule has 0 aliphatic rings. The predicted molar refractivity (Wildman–Crippen MR) is 81.0 cm³/mol. The number of aliphatic carboxylic acids is 1. The average Bonchev–Trinajstić information content (AvgIpc) is 2.44. The van der Waals surface area contributed by atoms with Gasteiger partial charge in [-0.25, -0.2) is 4.79 Å². The number of urea groups is 1. The number of carboxylic acid groups (broad SMARTS) is 1. The van der Waals surface area contributed by atoms with Crippen molar-refractivity contribution in [2.24, 2.45) is 0 Å². The monoisotopic (exact) mass is 296 g/mol. The van der Waals surface area contributed by atoms with Gasteiger partial charge in [-0.2, -0.15) is 11.8 Å². The molecule has 1 aromatic rings. The fraction of sp³-hybridized carbons (Fsp3) is 0.429. The maximum atomic E-state index is 12.0. The molecule has 20 heavy (non-hydrogen) atoms. The zero-order chi connectivity index (χ0) is 15.0. The van der Waals surface area contributed by atoms with Gasteiger partial charge in [-0.1, -0.05) is 30.3 Å². The minimum atomic E-state index is -0.939. The van der Waals surface area contributed by atoms with E-state index >= 15 is 0 Å². The molecule has 2 amide bonds. The highest BCUT2D eigenvalue weighted by Crippen LogP contribution is 2.16. The lowest BCUT2D eigenvalue weighted by atomic mass is 10.0. The van der Waals surface area contributed by atoms with E-state index < -0.39 is 12.0 Å². The van der Waals surface area contributed by atoms with Crippen LogP contribution in [0.25, 0.3) is 0 Å².